The zero-order valence-electron chi connectivity index (χ0n) is 15.0. The number of fused-ring (bicyclic) bond motifs is 1. The highest BCUT2D eigenvalue weighted by atomic mass is 16.6. The number of likely N-dealkylation sites (tertiary alicyclic amines) is 1. The lowest BCUT2D eigenvalue weighted by Gasteiger charge is -2.29. The second-order valence-electron chi connectivity index (χ2n) is 6.90. The van der Waals surface area contributed by atoms with Crippen molar-refractivity contribution in [3.8, 4) is 0 Å². The van der Waals surface area contributed by atoms with Gasteiger partial charge in [-0.15, -0.1) is 0 Å². The molecule has 0 spiro atoms. The van der Waals surface area contributed by atoms with Gasteiger partial charge in [-0.1, -0.05) is 48.0 Å². The average molecular weight is 364 g/mol. The molecular formula is C21H20N2O4. The molecule has 138 valence electrons. The van der Waals surface area contributed by atoms with Gasteiger partial charge in [0.05, 0.1) is 5.56 Å². The number of nitrogens with zero attached hydrogens (tertiary/aromatic N) is 1. The molecule has 2 heterocycles. The van der Waals surface area contributed by atoms with Gasteiger partial charge in [-0.05, 0) is 25.0 Å². The molecule has 0 unspecified atom stereocenters. The summed E-state index contributed by atoms with van der Waals surface area (Å²) < 4.78 is 5.43. The van der Waals surface area contributed by atoms with Gasteiger partial charge in [-0.3, -0.25) is 14.5 Å². The summed E-state index contributed by atoms with van der Waals surface area (Å²) in [5.74, 6) is -0.879. The summed E-state index contributed by atoms with van der Waals surface area (Å²) in [6.45, 7) is 2.39. The van der Waals surface area contributed by atoms with Crippen LogP contribution in [0.3, 0.4) is 0 Å². The summed E-state index contributed by atoms with van der Waals surface area (Å²) in [5.41, 5.74) is 3.22. The van der Waals surface area contributed by atoms with Crippen molar-refractivity contribution in [1.82, 2.24) is 10.2 Å². The fourth-order valence-corrected chi connectivity index (χ4v) is 3.60. The Kier molecular flexibility index (Phi) is 4.39. The molecule has 0 aliphatic carbocycles. The maximum atomic E-state index is 12.7. The third kappa shape index (κ3) is 3.18. The highest BCUT2D eigenvalue weighted by molar-refractivity contribution is 5.96. The maximum Gasteiger partial charge on any atom is 0.340 e. The quantitative estimate of drug-likeness (QED) is 0.846. The standard InChI is InChI=1S/C21H20N2O4/c1-13-6-8-14(9-7-13)12-22-19(25)17-10-11-18(24)23(17)20-15-4-2-3-5-16(15)21(26)27-20/h2-9,17,20H,10-12H2,1H3,(H,22,25)/t17-,20+/m0/s1. The summed E-state index contributed by atoms with van der Waals surface area (Å²) >= 11 is 0. The van der Waals surface area contributed by atoms with Gasteiger partial charge in [0, 0.05) is 18.5 Å². The van der Waals surface area contributed by atoms with Crippen LogP contribution in [0, 0.1) is 6.92 Å². The minimum absolute atomic E-state index is 0.181. The van der Waals surface area contributed by atoms with Crippen LogP contribution < -0.4 is 5.32 Å². The highest BCUT2D eigenvalue weighted by Gasteiger charge is 2.46. The van der Waals surface area contributed by atoms with Crippen LogP contribution in [0.2, 0.25) is 0 Å². The second-order valence-corrected chi connectivity index (χ2v) is 6.90. The first kappa shape index (κ1) is 17.3. The number of amides is 2. The van der Waals surface area contributed by atoms with Crippen LogP contribution >= 0.6 is 0 Å². The lowest BCUT2D eigenvalue weighted by Crippen LogP contribution is -2.46. The number of benzene rings is 2. The van der Waals surface area contributed by atoms with E-state index in [4.69, 9.17) is 4.74 Å². The van der Waals surface area contributed by atoms with Crippen molar-refractivity contribution in [1.29, 1.82) is 0 Å². The number of ether oxygens (including phenoxy) is 1. The van der Waals surface area contributed by atoms with Gasteiger partial charge in [0.1, 0.15) is 6.04 Å². The van der Waals surface area contributed by atoms with Crippen molar-refractivity contribution in [2.75, 3.05) is 0 Å². The summed E-state index contributed by atoms with van der Waals surface area (Å²) in [6.07, 6.45) is -0.160. The Morgan fingerprint density at radius 2 is 1.89 bits per heavy atom. The first-order valence-corrected chi connectivity index (χ1v) is 8.99. The van der Waals surface area contributed by atoms with E-state index in [1.165, 1.54) is 4.90 Å². The molecule has 6 heteroatoms. The fourth-order valence-electron chi connectivity index (χ4n) is 3.60. The summed E-state index contributed by atoms with van der Waals surface area (Å²) in [7, 11) is 0. The molecule has 0 radical (unpaired) electrons. The van der Waals surface area contributed by atoms with E-state index in [1.54, 1.807) is 24.3 Å². The van der Waals surface area contributed by atoms with Gasteiger partial charge >= 0.3 is 5.97 Å². The van der Waals surface area contributed by atoms with Crippen molar-refractivity contribution >= 4 is 17.8 Å². The molecule has 2 aromatic rings. The van der Waals surface area contributed by atoms with Crippen molar-refractivity contribution in [2.24, 2.45) is 0 Å². The molecular weight excluding hydrogens is 344 g/mol. The lowest BCUT2D eigenvalue weighted by molar-refractivity contribution is -0.145. The molecule has 2 aliphatic heterocycles. The van der Waals surface area contributed by atoms with Crippen LogP contribution in [0.5, 0.6) is 0 Å². The number of carbonyl (C=O) groups is 3. The number of hydrogen-bond acceptors (Lipinski definition) is 4. The van der Waals surface area contributed by atoms with Crippen LogP contribution in [-0.4, -0.2) is 28.7 Å². The molecule has 0 aromatic heterocycles. The summed E-state index contributed by atoms with van der Waals surface area (Å²) in [5, 5.41) is 2.90. The number of aryl methyl sites for hydroxylation is 1. The molecule has 1 fully saturated rings. The van der Waals surface area contributed by atoms with E-state index in [0.717, 1.165) is 11.1 Å². The third-order valence-corrected chi connectivity index (χ3v) is 5.06. The predicted molar refractivity (Wildman–Crippen MR) is 97.5 cm³/mol. The minimum Gasteiger partial charge on any atom is -0.433 e. The number of esters is 1. The van der Waals surface area contributed by atoms with Crippen molar-refractivity contribution < 1.29 is 19.1 Å². The van der Waals surface area contributed by atoms with E-state index >= 15 is 0 Å². The Balaban J connectivity index is 1.51. The molecule has 2 aromatic carbocycles. The van der Waals surface area contributed by atoms with E-state index in [9.17, 15) is 14.4 Å². The van der Waals surface area contributed by atoms with Crippen molar-refractivity contribution in [2.45, 2.75) is 38.6 Å². The molecule has 27 heavy (non-hydrogen) atoms. The summed E-state index contributed by atoms with van der Waals surface area (Å²) in [6, 6.07) is 14.2. The molecule has 0 saturated carbocycles. The van der Waals surface area contributed by atoms with Gasteiger partial charge in [0.25, 0.3) is 0 Å². The van der Waals surface area contributed by atoms with Crippen molar-refractivity contribution in [3.63, 3.8) is 0 Å². The van der Waals surface area contributed by atoms with E-state index < -0.39 is 18.2 Å². The molecule has 0 bridgehead atoms. The van der Waals surface area contributed by atoms with Crippen LogP contribution in [0.25, 0.3) is 0 Å². The van der Waals surface area contributed by atoms with E-state index in [0.29, 0.717) is 24.1 Å². The van der Waals surface area contributed by atoms with Gasteiger partial charge in [-0.2, -0.15) is 0 Å². The Morgan fingerprint density at radius 1 is 1.15 bits per heavy atom. The van der Waals surface area contributed by atoms with Crippen LogP contribution in [0.4, 0.5) is 0 Å². The lowest BCUT2D eigenvalue weighted by atomic mass is 10.1. The smallest absolute Gasteiger partial charge is 0.340 e. The second kappa shape index (κ2) is 6.87. The maximum absolute atomic E-state index is 12.7. The third-order valence-electron chi connectivity index (χ3n) is 5.06. The van der Waals surface area contributed by atoms with Gasteiger partial charge < -0.3 is 10.1 Å². The highest BCUT2D eigenvalue weighted by Crippen LogP contribution is 2.38. The van der Waals surface area contributed by atoms with E-state index in [1.807, 2.05) is 31.2 Å². The number of carbonyl (C=O) groups excluding carboxylic acids is 3. The normalized spacial score (nSPS) is 21.1. The van der Waals surface area contributed by atoms with Crippen molar-refractivity contribution in [3.05, 3.63) is 70.8 Å². The topological polar surface area (TPSA) is 75.7 Å². The zero-order chi connectivity index (χ0) is 19.0. The number of nitrogens with one attached hydrogen (secondary N) is 1. The molecule has 1 N–H and O–H groups in total. The molecule has 6 nitrogen and oxygen atoms in total. The van der Waals surface area contributed by atoms with Crippen LogP contribution in [0.15, 0.2) is 48.5 Å². The predicted octanol–water partition coefficient (Wildman–Crippen LogP) is 2.47. The Morgan fingerprint density at radius 3 is 2.67 bits per heavy atom. The van der Waals surface area contributed by atoms with Crippen LogP contribution in [0.1, 0.15) is 46.1 Å². The first-order valence-electron chi connectivity index (χ1n) is 8.99. The molecule has 2 aliphatic rings. The Labute approximate surface area is 157 Å². The van der Waals surface area contributed by atoms with Gasteiger partial charge in [0.15, 0.2) is 0 Å². The van der Waals surface area contributed by atoms with E-state index in [-0.39, 0.29) is 18.2 Å². The monoisotopic (exact) mass is 364 g/mol. The minimum atomic E-state index is -0.834. The number of hydrogen-bond donors (Lipinski definition) is 1. The average Bonchev–Trinajstić information content (AvgIpc) is 3.21. The molecule has 4 rings (SSSR count). The Bertz CT molecular complexity index is 907. The fraction of sp³-hybridized carbons (Fsp3) is 0.286. The number of rotatable bonds is 4. The SMILES string of the molecule is Cc1ccc(CNC(=O)[C@@H]2CCC(=O)N2[C@@H]2OC(=O)c3ccccc32)cc1. The largest absolute Gasteiger partial charge is 0.433 e. The summed E-state index contributed by atoms with van der Waals surface area (Å²) in [4.78, 5) is 38.7. The molecule has 1 saturated heterocycles. The molecule has 2 amide bonds. The van der Waals surface area contributed by atoms with Gasteiger partial charge in [0.2, 0.25) is 18.0 Å². The van der Waals surface area contributed by atoms with Gasteiger partial charge in [-0.25, -0.2) is 4.79 Å². The van der Waals surface area contributed by atoms with E-state index in [2.05, 4.69) is 5.32 Å². The molecule has 2 atom stereocenters. The Hall–Kier alpha value is -3.15. The zero-order valence-corrected chi connectivity index (χ0v) is 15.0. The van der Waals surface area contributed by atoms with Crippen LogP contribution in [-0.2, 0) is 20.9 Å². The first-order chi connectivity index (χ1) is 13.0. The number of cyclic esters (lactones) is 1.